The molecule has 6 atom stereocenters. The van der Waals surface area contributed by atoms with E-state index in [1.807, 2.05) is 37.4 Å². The first kappa shape index (κ1) is 61.0. The minimum absolute atomic E-state index is 0.0112. The van der Waals surface area contributed by atoms with E-state index in [0.29, 0.717) is 119 Å². The van der Waals surface area contributed by atoms with E-state index in [0.717, 1.165) is 61.2 Å². The summed E-state index contributed by atoms with van der Waals surface area (Å²) in [6.07, 6.45) is 6.92. The van der Waals surface area contributed by atoms with E-state index in [-0.39, 0.29) is 84.9 Å². The maximum atomic E-state index is 12.8. The van der Waals surface area contributed by atoms with Gasteiger partial charge in [-0.05, 0) is 126 Å². The number of carbonyl (C=O) groups is 10. The Labute approximate surface area is 453 Å². The van der Waals surface area contributed by atoms with Gasteiger partial charge in [0.1, 0.15) is 0 Å². The highest BCUT2D eigenvalue weighted by molar-refractivity contribution is 8.00. The van der Waals surface area contributed by atoms with Gasteiger partial charge < -0.3 is 52.0 Å². The number of urea groups is 2. The van der Waals surface area contributed by atoms with Crippen LogP contribution in [0.5, 0.6) is 0 Å². The summed E-state index contributed by atoms with van der Waals surface area (Å²) < 4.78 is 11.1. The number of aldehydes is 2. The number of hydrogen-bond donors (Lipinski definition) is 8. The van der Waals surface area contributed by atoms with Crippen molar-refractivity contribution in [3.63, 3.8) is 0 Å². The molecule has 4 aliphatic rings. The number of nitrogens with one attached hydrogen (secondary N) is 8. The molecule has 22 heteroatoms. The van der Waals surface area contributed by atoms with Crippen LogP contribution in [0.1, 0.15) is 137 Å². The maximum absolute atomic E-state index is 12.8. The number of ketones is 2. The fraction of sp³-hybridized carbons (Fsp3) is 0.593. The molecule has 8 N–H and O–H groups in total. The zero-order valence-corrected chi connectivity index (χ0v) is 46.7. The second-order valence-corrected chi connectivity index (χ2v) is 22.2. The fourth-order valence-electron chi connectivity index (χ4n) is 10.3. The molecule has 0 spiro atoms. The number of Topliss-reactive ketones (excluding diaryl/α,β-unsaturated/α-hetero) is 2. The lowest BCUT2D eigenvalue weighted by Crippen LogP contribution is -2.36. The van der Waals surface area contributed by atoms with Crippen LogP contribution in [0.3, 0.4) is 0 Å². The number of ether oxygens (including phenoxy) is 2. The SMILES string of the molecule is Cc1c(C)c(C(=O)C=O)c(C)c(C(=O)NCCOCCNC(=O)CCCCC2SCC3NC(=O)NC32)c1C.Cc1c(C)c(C(=O)NCCOCCNC(=O)CCCCC2SCC3NC(=O)NC32)c(C)c(C)c1C(=O)C=O. The minimum atomic E-state index is -0.634. The molecule has 416 valence electrons. The first-order valence-electron chi connectivity index (χ1n) is 26.1. The molecule has 6 unspecified atom stereocenters. The molecule has 76 heavy (non-hydrogen) atoms. The summed E-state index contributed by atoms with van der Waals surface area (Å²) in [6, 6.07) is 0.684. The van der Waals surface area contributed by atoms with Crippen LogP contribution in [0.25, 0.3) is 0 Å². The molecule has 20 nitrogen and oxygen atoms in total. The Morgan fingerprint density at radius 1 is 0.474 bits per heavy atom. The number of amides is 8. The summed E-state index contributed by atoms with van der Waals surface area (Å²) >= 11 is 3.76. The third-order valence-electron chi connectivity index (χ3n) is 14.8. The molecule has 0 bridgehead atoms. The van der Waals surface area contributed by atoms with E-state index >= 15 is 0 Å². The van der Waals surface area contributed by atoms with E-state index in [2.05, 4.69) is 42.5 Å². The van der Waals surface area contributed by atoms with Crippen molar-refractivity contribution < 1.29 is 57.4 Å². The molecule has 2 aromatic carbocycles. The highest BCUT2D eigenvalue weighted by atomic mass is 32.2. The summed E-state index contributed by atoms with van der Waals surface area (Å²) in [7, 11) is 0. The van der Waals surface area contributed by atoms with Crippen molar-refractivity contribution in [3.05, 3.63) is 66.8 Å². The maximum Gasteiger partial charge on any atom is 0.315 e. The van der Waals surface area contributed by atoms with Gasteiger partial charge in [-0.15, -0.1) is 0 Å². The van der Waals surface area contributed by atoms with E-state index < -0.39 is 11.6 Å². The first-order valence-corrected chi connectivity index (χ1v) is 28.2. The molecular weight excluding hydrogens is 1020 g/mol. The lowest BCUT2D eigenvalue weighted by molar-refractivity contribution is -0.122. The minimum Gasteiger partial charge on any atom is -0.378 e. The Morgan fingerprint density at radius 3 is 1.22 bits per heavy atom. The van der Waals surface area contributed by atoms with Gasteiger partial charge in [0.2, 0.25) is 23.4 Å². The Balaban J connectivity index is 0.000000281. The largest absolute Gasteiger partial charge is 0.378 e. The van der Waals surface area contributed by atoms with Gasteiger partial charge in [-0.1, -0.05) is 12.8 Å². The summed E-state index contributed by atoms with van der Waals surface area (Å²) in [6.45, 7) is 16.7. The van der Waals surface area contributed by atoms with Crippen molar-refractivity contribution in [2.24, 2.45) is 0 Å². The molecule has 4 saturated heterocycles. The average Bonchev–Trinajstić information content (AvgIpc) is 4.16. The molecule has 6 rings (SSSR count). The zero-order valence-electron chi connectivity index (χ0n) is 45.1. The zero-order chi connectivity index (χ0) is 55.6. The predicted molar refractivity (Wildman–Crippen MR) is 292 cm³/mol. The summed E-state index contributed by atoms with van der Waals surface area (Å²) in [5, 5.41) is 24.0. The summed E-state index contributed by atoms with van der Waals surface area (Å²) in [5.41, 5.74) is 6.96. The number of unbranched alkanes of at least 4 members (excludes halogenated alkanes) is 2. The van der Waals surface area contributed by atoms with Gasteiger partial charge in [0.05, 0.1) is 50.6 Å². The van der Waals surface area contributed by atoms with E-state index in [1.54, 1.807) is 41.5 Å². The Bertz CT molecular complexity index is 2490. The Kier molecular flexibility index (Phi) is 23.8. The quantitative estimate of drug-likeness (QED) is 0.0198. The van der Waals surface area contributed by atoms with E-state index in [1.165, 1.54) is 0 Å². The molecule has 0 aromatic heterocycles. The van der Waals surface area contributed by atoms with Gasteiger partial charge in [0, 0.05) is 83.3 Å². The molecule has 0 radical (unpaired) electrons. The van der Waals surface area contributed by atoms with Crippen molar-refractivity contribution in [1.29, 1.82) is 0 Å². The fourth-order valence-corrected chi connectivity index (χ4v) is 13.4. The van der Waals surface area contributed by atoms with Gasteiger partial charge in [0.25, 0.3) is 11.8 Å². The normalized spacial score (nSPS) is 19.9. The molecule has 0 aliphatic carbocycles. The van der Waals surface area contributed by atoms with Crippen LogP contribution >= 0.6 is 23.5 Å². The average molecular weight is 1090 g/mol. The molecule has 8 amide bonds. The van der Waals surface area contributed by atoms with Crippen molar-refractivity contribution in [2.75, 3.05) is 64.1 Å². The van der Waals surface area contributed by atoms with Crippen LogP contribution in [0.2, 0.25) is 0 Å². The number of hydrogen-bond acceptors (Lipinski definition) is 14. The Morgan fingerprint density at radius 2 is 0.816 bits per heavy atom. The number of carbonyl (C=O) groups excluding carboxylic acids is 10. The van der Waals surface area contributed by atoms with Crippen molar-refractivity contribution >= 4 is 83.4 Å². The number of fused-ring (bicyclic) bond motifs is 2. The monoisotopic (exact) mass is 1090 g/mol. The third-order valence-corrected chi connectivity index (χ3v) is 17.8. The van der Waals surface area contributed by atoms with Crippen LogP contribution in [-0.2, 0) is 28.7 Å². The van der Waals surface area contributed by atoms with Crippen LogP contribution < -0.4 is 42.5 Å². The standard InChI is InChI=1S/2C27H38N4O6S/c1-15-17(3)24(18(4)16(2)23(15)20(33)13-32)26(35)29-10-12-37-11-9-28-22(34)8-6-5-7-21-25-19(14-38-21)30-27(36)31-25;1-15-16(2)23(20(33)13-32)18(4)24(17(15)3)26(35)29-10-12-37-11-9-28-22(34)8-6-5-7-21-25-19(14-38-21)30-27(36)31-25/h2*13,19,21,25H,5-12,14H2,1-4H3,(H,28,34)(H,29,35)(H2,30,31,36). The van der Waals surface area contributed by atoms with Gasteiger partial charge >= 0.3 is 12.1 Å². The van der Waals surface area contributed by atoms with Gasteiger partial charge in [-0.25, -0.2) is 9.59 Å². The number of thioether (sulfide) groups is 2. The van der Waals surface area contributed by atoms with Crippen LogP contribution in [0, 0.1) is 55.4 Å². The topological polar surface area (TPSA) is 285 Å². The van der Waals surface area contributed by atoms with Gasteiger partial charge in [-0.3, -0.25) is 38.4 Å². The van der Waals surface area contributed by atoms with Crippen LogP contribution in [-0.4, -0.2) is 159 Å². The van der Waals surface area contributed by atoms with Crippen LogP contribution in [0.15, 0.2) is 0 Å². The predicted octanol–water partition coefficient (Wildman–Crippen LogP) is 3.78. The molecular formula is C54H76N8O12S2. The molecule has 4 aliphatic heterocycles. The Hall–Kier alpha value is -5.84. The number of rotatable bonds is 28. The van der Waals surface area contributed by atoms with Crippen molar-refractivity contribution in [3.8, 4) is 0 Å². The lowest BCUT2D eigenvalue weighted by Gasteiger charge is -2.18. The number of benzene rings is 2. The van der Waals surface area contributed by atoms with Gasteiger partial charge in [0.15, 0.2) is 12.6 Å². The highest BCUT2D eigenvalue weighted by Crippen LogP contribution is 2.35. The second kappa shape index (κ2) is 29.6. The van der Waals surface area contributed by atoms with Gasteiger partial charge in [-0.2, -0.15) is 23.5 Å². The lowest BCUT2D eigenvalue weighted by atomic mass is 9.87. The molecule has 2 aromatic rings. The second-order valence-electron chi connectivity index (χ2n) is 19.6. The van der Waals surface area contributed by atoms with E-state index in [4.69, 9.17) is 9.47 Å². The summed E-state index contributed by atoms with van der Waals surface area (Å²) in [5.74, 6) is 0.0486. The van der Waals surface area contributed by atoms with E-state index in [9.17, 15) is 47.9 Å². The van der Waals surface area contributed by atoms with Crippen LogP contribution in [0.4, 0.5) is 9.59 Å². The highest BCUT2D eigenvalue weighted by Gasteiger charge is 2.43. The molecule has 4 heterocycles. The summed E-state index contributed by atoms with van der Waals surface area (Å²) in [4.78, 5) is 119. The smallest absolute Gasteiger partial charge is 0.315 e. The first-order chi connectivity index (χ1) is 36.3. The van der Waals surface area contributed by atoms with Crippen molar-refractivity contribution in [2.45, 2.75) is 141 Å². The molecule has 0 saturated carbocycles. The van der Waals surface area contributed by atoms with Crippen molar-refractivity contribution in [1.82, 2.24) is 42.5 Å². The third kappa shape index (κ3) is 16.1. The molecule has 4 fully saturated rings.